The van der Waals surface area contributed by atoms with Crippen molar-refractivity contribution >= 4 is 61.7 Å². The molecule has 10 heteroatoms. The number of hydrogen-bond donors (Lipinski definition) is 1. The Morgan fingerprint density at radius 3 is 2.22 bits per heavy atom. The van der Waals surface area contributed by atoms with Gasteiger partial charge < -0.3 is 10.2 Å². The van der Waals surface area contributed by atoms with Crippen molar-refractivity contribution in [3.8, 4) is 0 Å². The van der Waals surface area contributed by atoms with Crippen molar-refractivity contribution in [2.45, 2.75) is 64.1 Å². The van der Waals surface area contributed by atoms with Crippen LogP contribution in [0.3, 0.4) is 0 Å². The van der Waals surface area contributed by atoms with Gasteiger partial charge in [-0.15, -0.1) is 0 Å². The molecule has 0 unspecified atom stereocenters. The molecule has 0 radical (unpaired) electrons. The quantitative estimate of drug-likeness (QED) is 0.370. The lowest BCUT2D eigenvalue weighted by atomic mass is 9.95. The monoisotopic (exact) mass is 645 g/mol. The molecule has 0 aromatic heterocycles. The van der Waals surface area contributed by atoms with Crippen LogP contribution >= 0.6 is 34.2 Å². The van der Waals surface area contributed by atoms with Crippen LogP contribution < -0.4 is 9.62 Å². The van der Waals surface area contributed by atoms with Gasteiger partial charge in [-0.25, -0.2) is 8.42 Å². The third kappa shape index (κ3) is 8.08. The van der Waals surface area contributed by atoms with Gasteiger partial charge >= 0.3 is 0 Å². The van der Waals surface area contributed by atoms with Crippen molar-refractivity contribution in [3.05, 3.63) is 62.7 Å². The van der Waals surface area contributed by atoms with Crippen LogP contribution in [-0.4, -0.2) is 50.0 Å². The summed E-state index contributed by atoms with van der Waals surface area (Å²) in [6, 6.07) is 13.4. The Labute approximate surface area is 232 Å². The molecule has 1 aliphatic rings. The van der Waals surface area contributed by atoms with Crippen molar-refractivity contribution in [3.63, 3.8) is 0 Å². The van der Waals surface area contributed by atoms with E-state index in [1.165, 1.54) is 11.3 Å². The number of nitrogens with one attached hydrogen (secondary N) is 1. The van der Waals surface area contributed by atoms with Crippen LogP contribution in [0.4, 0.5) is 5.69 Å². The number of amides is 2. The number of carbonyl (C=O) groups excluding carboxylic acids is 2. The zero-order valence-corrected chi connectivity index (χ0v) is 24.4. The summed E-state index contributed by atoms with van der Waals surface area (Å²) in [7, 11) is -3.75. The van der Waals surface area contributed by atoms with E-state index in [9.17, 15) is 18.0 Å². The highest BCUT2D eigenvalue weighted by Gasteiger charge is 2.32. The first-order chi connectivity index (χ1) is 17.1. The normalized spacial score (nSPS) is 15.2. The molecule has 0 spiro atoms. The highest BCUT2D eigenvalue weighted by Crippen LogP contribution is 2.22. The van der Waals surface area contributed by atoms with Crippen LogP contribution in [-0.2, 0) is 26.2 Å². The van der Waals surface area contributed by atoms with E-state index >= 15 is 0 Å². The van der Waals surface area contributed by atoms with Crippen molar-refractivity contribution in [1.29, 1.82) is 0 Å². The van der Waals surface area contributed by atoms with Crippen LogP contribution in [0.1, 0.15) is 51.0 Å². The Bertz CT molecular complexity index is 1140. The van der Waals surface area contributed by atoms with Gasteiger partial charge in [-0.05, 0) is 83.8 Å². The molecule has 1 aliphatic carbocycles. The molecule has 0 heterocycles. The van der Waals surface area contributed by atoms with Gasteiger partial charge in [-0.1, -0.05) is 49.9 Å². The standard InChI is InChI=1S/C26H33ClIN3O4S/c1-3-24(26(33)29-22-7-5-4-6-8-22)30(17-19-9-11-20(27)12-10-19)25(32)18-31(36(2,34)35)23-15-13-21(28)14-16-23/h9-16,22,24H,3-8,17-18H2,1-2H3,(H,29,33)/t24-/m0/s1. The van der Waals surface area contributed by atoms with Gasteiger partial charge in [0.05, 0.1) is 11.9 Å². The van der Waals surface area contributed by atoms with Gasteiger partial charge in [0.15, 0.2) is 0 Å². The average molecular weight is 646 g/mol. The molecule has 2 aromatic rings. The summed E-state index contributed by atoms with van der Waals surface area (Å²) in [6.45, 7) is 1.62. The zero-order chi connectivity index (χ0) is 26.3. The molecule has 0 bridgehead atoms. The van der Waals surface area contributed by atoms with E-state index in [1.807, 2.05) is 19.1 Å². The van der Waals surface area contributed by atoms with Crippen molar-refractivity contribution in [2.24, 2.45) is 0 Å². The van der Waals surface area contributed by atoms with Gasteiger partial charge in [-0.2, -0.15) is 0 Å². The van der Waals surface area contributed by atoms with E-state index in [0.717, 1.165) is 45.4 Å². The first-order valence-electron chi connectivity index (χ1n) is 12.2. The first-order valence-corrected chi connectivity index (χ1v) is 15.5. The van der Waals surface area contributed by atoms with Gasteiger partial charge in [-0.3, -0.25) is 13.9 Å². The molecule has 196 valence electrons. The Balaban J connectivity index is 1.89. The van der Waals surface area contributed by atoms with E-state index in [0.29, 0.717) is 17.1 Å². The van der Waals surface area contributed by atoms with Crippen LogP contribution in [0.15, 0.2) is 48.5 Å². The topological polar surface area (TPSA) is 86.8 Å². The minimum atomic E-state index is -3.75. The number of benzene rings is 2. The summed E-state index contributed by atoms with van der Waals surface area (Å²) in [6.07, 6.45) is 6.67. The highest BCUT2D eigenvalue weighted by atomic mass is 127. The first kappa shape index (κ1) is 28.7. The number of hydrogen-bond acceptors (Lipinski definition) is 4. The van der Waals surface area contributed by atoms with Gasteiger partial charge in [0, 0.05) is 21.2 Å². The Kier molecular flexibility index (Phi) is 10.4. The maximum absolute atomic E-state index is 13.7. The zero-order valence-electron chi connectivity index (χ0n) is 20.6. The molecule has 1 fully saturated rings. The largest absolute Gasteiger partial charge is 0.352 e. The van der Waals surface area contributed by atoms with Crippen LogP contribution in [0, 0.1) is 3.57 Å². The number of sulfonamides is 1. The second-order valence-electron chi connectivity index (χ2n) is 9.16. The number of nitrogens with zero attached hydrogens (tertiary/aromatic N) is 2. The average Bonchev–Trinajstić information content (AvgIpc) is 2.84. The summed E-state index contributed by atoms with van der Waals surface area (Å²) in [5, 5.41) is 3.71. The predicted molar refractivity (Wildman–Crippen MR) is 152 cm³/mol. The maximum Gasteiger partial charge on any atom is 0.244 e. The summed E-state index contributed by atoms with van der Waals surface area (Å²) in [4.78, 5) is 28.6. The van der Waals surface area contributed by atoms with E-state index in [4.69, 9.17) is 11.6 Å². The molecule has 7 nitrogen and oxygen atoms in total. The number of carbonyl (C=O) groups is 2. The van der Waals surface area contributed by atoms with Gasteiger partial charge in [0.1, 0.15) is 12.6 Å². The minimum absolute atomic E-state index is 0.104. The summed E-state index contributed by atoms with van der Waals surface area (Å²) in [5.74, 6) is -0.647. The van der Waals surface area contributed by atoms with E-state index in [-0.39, 0.29) is 18.5 Å². The Morgan fingerprint density at radius 1 is 1.06 bits per heavy atom. The molecule has 1 N–H and O–H groups in total. The highest BCUT2D eigenvalue weighted by molar-refractivity contribution is 14.1. The van der Waals surface area contributed by atoms with Crippen LogP contribution in [0.25, 0.3) is 0 Å². The number of rotatable bonds is 10. The second-order valence-corrected chi connectivity index (χ2v) is 12.8. The molecule has 1 atom stereocenters. The Morgan fingerprint density at radius 2 is 1.67 bits per heavy atom. The van der Waals surface area contributed by atoms with Crippen molar-refractivity contribution in [2.75, 3.05) is 17.1 Å². The lowest BCUT2D eigenvalue weighted by Crippen LogP contribution is -2.53. The second kappa shape index (κ2) is 13.1. The smallest absolute Gasteiger partial charge is 0.244 e. The van der Waals surface area contributed by atoms with Crippen molar-refractivity contribution < 1.29 is 18.0 Å². The third-order valence-electron chi connectivity index (χ3n) is 6.40. The molecule has 3 rings (SSSR count). The van der Waals surface area contributed by atoms with Crippen LogP contribution in [0.2, 0.25) is 5.02 Å². The summed E-state index contributed by atoms with van der Waals surface area (Å²) >= 11 is 8.18. The third-order valence-corrected chi connectivity index (χ3v) is 8.51. The van der Waals surface area contributed by atoms with E-state index in [1.54, 1.807) is 36.4 Å². The fraction of sp³-hybridized carbons (Fsp3) is 0.462. The van der Waals surface area contributed by atoms with E-state index in [2.05, 4.69) is 27.9 Å². The fourth-order valence-corrected chi connectivity index (χ4v) is 5.81. The molecular weight excluding hydrogens is 613 g/mol. The molecule has 36 heavy (non-hydrogen) atoms. The summed E-state index contributed by atoms with van der Waals surface area (Å²) < 4.78 is 27.4. The lowest BCUT2D eigenvalue weighted by molar-refractivity contribution is -0.140. The molecule has 0 aliphatic heterocycles. The molecule has 0 saturated heterocycles. The van der Waals surface area contributed by atoms with Gasteiger partial charge in [0.25, 0.3) is 0 Å². The van der Waals surface area contributed by atoms with Gasteiger partial charge in [0.2, 0.25) is 21.8 Å². The SMILES string of the molecule is CC[C@@H](C(=O)NC1CCCCC1)N(Cc1ccc(Cl)cc1)C(=O)CN(c1ccc(I)cc1)S(C)(=O)=O. The molecule has 2 aromatic carbocycles. The Hall–Kier alpha value is -1.85. The number of anilines is 1. The minimum Gasteiger partial charge on any atom is -0.352 e. The fourth-order valence-electron chi connectivity index (χ4n) is 4.47. The molecule has 2 amide bonds. The molecular formula is C26H33ClIN3O4S. The molecule has 1 saturated carbocycles. The maximum atomic E-state index is 13.7. The lowest BCUT2D eigenvalue weighted by Gasteiger charge is -2.34. The predicted octanol–water partition coefficient (Wildman–Crippen LogP) is 4.97. The van der Waals surface area contributed by atoms with E-state index < -0.39 is 28.5 Å². The van der Waals surface area contributed by atoms with Crippen molar-refractivity contribution in [1.82, 2.24) is 10.2 Å². The number of halogens is 2. The van der Waals surface area contributed by atoms with Crippen LogP contribution in [0.5, 0.6) is 0 Å². The summed E-state index contributed by atoms with van der Waals surface area (Å²) in [5.41, 5.74) is 1.20.